The average molecular weight is 1010 g/mol. The molecule has 1 N–H and O–H groups in total. The summed E-state index contributed by atoms with van der Waals surface area (Å²) in [5, 5.41) is 19.0. The quantitative estimate of drug-likeness (QED) is 0.169. The Labute approximate surface area is 443 Å². The lowest BCUT2D eigenvalue weighted by atomic mass is 9.79. The smallest absolute Gasteiger partial charge is 0.149 e. The van der Waals surface area contributed by atoms with Gasteiger partial charge in [0.1, 0.15) is 27.7 Å². The molecule has 0 atom stereocenters. The summed E-state index contributed by atoms with van der Waals surface area (Å²) in [7, 11) is -3.84. The zero-order valence-corrected chi connectivity index (χ0v) is 48.8. The summed E-state index contributed by atoms with van der Waals surface area (Å²) in [6, 6.07) is 56.6. The van der Waals surface area contributed by atoms with Gasteiger partial charge in [-0.3, -0.25) is 9.55 Å². The van der Waals surface area contributed by atoms with E-state index in [4.69, 9.17) is 9.97 Å². The third-order valence-corrected chi connectivity index (χ3v) is 23.6. The molecule has 0 unspecified atom stereocenters. The summed E-state index contributed by atoms with van der Waals surface area (Å²) in [5.74, 6) is 0.967. The van der Waals surface area contributed by atoms with Gasteiger partial charge >= 0.3 is 0 Å². The molecule has 1 aliphatic rings. The first kappa shape index (κ1) is 50.9. The fraction of sp³-hybridized carbons (Fsp3) is 0.294. The van der Waals surface area contributed by atoms with Crippen molar-refractivity contribution in [3.8, 4) is 67.5 Å². The first-order valence-electron chi connectivity index (χ1n) is 26.6. The first-order valence-corrected chi connectivity index (χ1v) is 32.6. The van der Waals surface area contributed by atoms with Crippen molar-refractivity contribution in [1.29, 1.82) is 0 Å². The van der Waals surface area contributed by atoms with E-state index >= 15 is 0 Å². The van der Waals surface area contributed by atoms with Gasteiger partial charge in [0.2, 0.25) is 0 Å². The summed E-state index contributed by atoms with van der Waals surface area (Å²) < 4.78 is 2.31. The topological polar surface area (TPSA) is 50.9 Å². The molecule has 3 heterocycles. The van der Waals surface area contributed by atoms with E-state index in [1.54, 1.807) is 20.7 Å². The van der Waals surface area contributed by atoms with Gasteiger partial charge in [0.05, 0.1) is 28.0 Å². The van der Waals surface area contributed by atoms with E-state index < -0.39 is 16.1 Å². The van der Waals surface area contributed by atoms with E-state index in [0.717, 1.165) is 66.9 Å². The van der Waals surface area contributed by atoms with Gasteiger partial charge in [-0.15, -0.1) is 0 Å². The van der Waals surface area contributed by atoms with E-state index in [0.29, 0.717) is 5.82 Å². The summed E-state index contributed by atoms with van der Waals surface area (Å²) in [6.07, 6.45) is 1.98. The second-order valence-electron chi connectivity index (χ2n) is 26.2. The van der Waals surface area contributed by atoms with Crippen LogP contribution in [0.3, 0.4) is 0 Å². The highest BCUT2D eigenvalue weighted by molar-refractivity contribution is 7.16. The number of aromatic hydroxyl groups is 1. The SMILES string of the molecule is CC(C)(C)c1cc(-c2cc(-c3ccc4c(c3)[Si](C)(C)c3ccccc3[Si]4(C)C)ccn2)cc(-c2cccc3c2nc(-c2cc(C(C)(C)C)cc(C(C)(C)C)c2O)n3-c2ccc(C(C)(C)C)cc2-c2ccccc2)c1. The number of hydrogen-bond donors (Lipinski definition) is 1. The predicted molar refractivity (Wildman–Crippen MR) is 322 cm³/mol. The van der Waals surface area contributed by atoms with Gasteiger partial charge < -0.3 is 5.11 Å². The summed E-state index contributed by atoms with van der Waals surface area (Å²) in [5.41, 5.74) is 16.1. The molecule has 0 bridgehead atoms. The number of phenols is 1. The Bertz CT molecular complexity index is 3660. The van der Waals surface area contributed by atoms with Crippen LogP contribution in [0.2, 0.25) is 26.2 Å². The number of para-hydroxylation sites is 1. The van der Waals surface area contributed by atoms with Gasteiger partial charge in [-0.25, -0.2) is 4.98 Å². The Hall–Kier alpha value is -6.61. The van der Waals surface area contributed by atoms with Crippen molar-refractivity contribution in [2.24, 2.45) is 0 Å². The van der Waals surface area contributed by atoms with E-state index in [1.165, 1.54) is 22.3 Å². The molecule has 4 nitrogen and oxygen atoms in total. The van der Waals surface area contributed by atoms with E-state index in [9.17, 15) is 5.11 Å². The molecule has 0 spiro atoms. The molecule has 0 radical (unpaired) electrons. The molecule has 7 aromatic carbocycles. The van der Waals surface area contributed by atoms with Crippen LogP contribution in [0, 0.1) is 0 Å². The van der Waals surface area contributed by atoms with Gasteiger partial charge in [0, 0.05) is 28.5 Å². The average Bonchev–Trinajstić information content (AvgIpc) is 3.74. The molecular weight excluding hydrogens is 931 g/mol. The number of fused-ring (bicyclic) bond motifs is 3. The monoisotopic (exact) mass is 1010 g/mol. The first-order chi connectivity index (χ1) is 34.6. The number of rotatable bonds is 6. The number of phenolic OH excluding ortho intramolecular Hbond substituents is 1. The summed E-state index contributed by atoms with van der Waals surface area (Å²) in [4.78, 5) is 10.9. The van der Waals surface area contributed by atoms with Gasteiger partial charge in [0.25, 0.3) is 0 Å². The number of aromatic nitrogens is 3. The minimum atomic E-state index is -1.96. The third-order valence-electron chi connectivity index (χ3n) is 16.0. The number of benzene rings is 7. The normalized spacial score (nSPS) is 14.5. The van der Waals surface area contributed by atoms with Crippen molar-refractivity contribution >= 4 is 47.9 Å². The Morgan fingerprint density at radius 2 is 1.00 bits per heavy atom. The minimum Gasteiger partial charge on any atom is -0.507 e. The van der Waals surface area contributed by atoms with Gasteiger partial charge in [-0.1, -0.05) is 233 Å². The van der Waals surface area contributed by atoms with E-state index in [2.05, 4.69) is 265 Å². The Morgan fingerprint density at radius 1 is 0.419 bits per heavy atom. The molecule has 6 heteroatoms. The zero-order chi connectivity index (χ0) is 53.1. The van der Waals surface area contributed by atoms with Gasteiger partial charge in [-0.2, -0.15) is 0 Å². The molecule has 0 saturated heterocycles. The van der Waals surface area contributed by atoms with Crippen LogP contribution in [0.5, 0.6) is 5.75 Å². The van der Waals surface area contributed by atoms with Crippen LogP contribution in [-0.2, 0) is 21.7 Å². The van der Waals surface area contributed by atoms with Crippen LogP contribution in [0.1, 0.15) is 105 Å². The lowest BCUT2D eigenvalue weighted by Crippen LogP contribution is -2.77. The maximum atomic E-state index is 12.7. The number of imidazole rings is 1. The lowest BCUT2D eigenvalue weighted by molar-refractivity contribution is 0.446. The molecule has 0 saturated carbocycles. The maximum Gasteiger partial charge on any atom is 0.149 e. The van der Waals surface area contributed by atoms with Crippen LogP contribution < -0.4 is 20.7 Å². The second-order valence-corrected chi connectivity index (χ2v) is 34.9. The van der Waals surface area contributed by atoms with Crippen LogP contribution >= 0.6 is 0 Å². The van der Waals surface area contributed by atoms with E-state index in [-0.39, 0.29) is 27.4 Å². The van der Waals surface area contributed by atoms with E-state index in [1.807, 2.05) is 6.20 Å². The molecule has 0 amide bonds. The predicted octanol–water partition coefficient (Wildman–Crippen LogP) is 15.6. The highest BCUT2D eigenvalue weighted by Gasteiger charge is 2.44. The van der Waals surface area contributed by atoms with Crippen molar-refractivity contribution in [3.05, 3.63) is 180 Å². The summed E-state index contributed by atoms with van der Waals surface area (Å²) in [6.45, 7) is 37.1. The molecule has 10 rings (SSSR count). The maximum absolute atomic E-state index is 12.7. The standard InChI is InChI=1S/C68H75N3OSi2/c1-65(2,3)48-30-31-56(52(40-48)43-23-18-17-19-24-43)71-57-26-22-25-51(62(57)70-64(71)53-41-50(67(7,8)9)42-54(63(53)72)68(10,11)12)46-35-47(37-49(36-46)66(4,5)6)55-38-45(33-34-69-55)44-29-32-60-61(39-44)74(15,16)59-28-21-20-27-58(59)73(60,13)14/h17-42,72H,1-16H3. The van der Waals surface area contributed by atoms with Crippen LogP contribution in [0.4, 0.5) is 0 Å². The molecule has 0 fully saturated rings. The molecule has 9 aromatic rings. The van der Waals surface area contributed by atoms with Crippen molar-refractivity contribution in [1.82, 2.24) is 14.5 Å². The Kier molecular flexibility index (Phi) is 12.2. The van der Waals surface area contributed by atoms with Crippen LogP contribution in [0.25, 0.3) is 72.7 Å². The Morgan fingerprint density at radius 3 is 1.65 bits per heavy atom. The fourth-order valence-electron chi connectivity index (χ4n) is 11.4. The number of hydrogen-bond acceptors (Lipinski definition) is 3. The van der Waals surface area contributed by atoms with Crippen molar-refractivity contribution < 1.29 is 5.11 Å². The second kappa shape index (κ2) is 17.8. The molecule has 0 aliphatic carbocycles. The highest BCUT2D eigenvalue weighted by atomic mass is 28.3. The van der Waals surface area contributed by atoms with Crippen molar-refractivity contribution in [2.75, 3.05) is 0 Å². The summed E-state index contributed by atoms with van der Waals surface area (Å²) >= 11 is 0. The zero-order valence-electron chi connectivity index (χ0n) is 46.8. The number of pyridine rings is 1. The molecule has 376 valence electrons. The largest absolute Gasteiger partial charge is 0.507 e. The third kappa shape index (κ3) is 8.92. The number of nitrogens with zero attached hydrogens (tertiary/aromatic N) is 3. The van der Waals surface area contributed by atoms with Crippen molar-refractivity contribution in [2.45, 2.75) is 131 Å². The fourth-order valence-corrected chi connectivity index (χ4v) is 20.8. The Balaban J connectivity index is 1.20. The highest BCUT2D eigenvalue weighted by Crippen LogP contribution is 2.46. The van der Waals surface area contributed by atoms with Gasteiger partial charge in [-0.05, 0) is 109 Å². The minimum absolute atomic E-state index is 0.0787. The van der Waals surface area contributed by atoms with Gasteiger partial charge in [0.15, 0.2) is 0 Å². The lowest BCUT2D eigenvalue weighted by Gasteiger charge is -2.42. The van der Waals surface area contributed by atoms with Crippen LogP contribution in [-0.4, -0.2) is 35.8 Å². The molecule has 2 aromatic heterocycles. The van der Waals surface area contributed by atoms with Crippen molar-refractivity contribution in [3.63, 3.8) is 0 Å². The molecular formula is C68H75N3OSi2. The van der Waals surface area contributed by atoms with Crippen LogP contribution in [0.15, 0.2) is 158 Å². The molecule has 1 aliphatic heterocycles. The molecule has 74 heavy (non-hydrogen) atoms.